The molecule has 22 heavy (non-hydrogen) atoms. The zero-order chi connectivity index (χ0) is 15.8. The lowest BCUT2D eigenvalue weighted by Crippen LogP contribution is -2.46. The van der Waals surface area contributed by atoms with Crippen LogP contribution in [0.15, 0.2) is 60.7 Å². The van der Waals surface area contributed by atoms with Crippen molar-refractivity contribution >= 4 is 5.97 Å². The number of nitrogens with one attached hydrogen (secondary N) is 1. The van der Waals surface area contributed by atoms with Crippen molar-refractivity contribution in [2.75, 3.05) is 6.54 Å². The third kappa shape index (κ3) is 4.66. The van der Waals surface area contributed by atoms with Crippen molar-refractivity contribution in [3.63, 3.8) is 0 Å². The minimum absolute atomic E-state index is 0.0768. The highest BCUT2D eigenvalue weighted by Gasteiger charge is 2.20. The first-order chi connectivity index (χ1) is 10.7. The summed E-state index contributed by atoms with van der Waals surface area (Å²) in [5, 5.41) is 9.98. The highest BCUT2D eigenvalue weighted by molar-refractivity contribution is 5.89. The van der Waals surface area contributed by atoms with E-state index in [1.807, 2.05) is 36.4 Å². The molecule has 0 aliphatic carbocycles. The number of aliphatic hydroxyl groups excluding tert-OH is 1. The van der Waals surface area contributed by atoms with E-state index in [-0.39, 0.29) is 6.54 Å². The van der Waals surface area contributed by atoms with Crippen LogP contribution in [0, 0.1) is 0 Å². The Hall–Kier alpha value is -2.21. The largest absolute Gasteiger partial charge is 0.390 e. The number of nitrogens with two attached hydrogens (primary N) is 1. The Morgan fingerprint density at radius 1 is 1.09 bits per heavy atom. The summed E-state index contributed by atoms with van der Waals surface area (Å²) < 4.78 is 0. The Kier molecular flexibility index (Phi) is 6.09. The second-order valence-corrected chi connectivity index (χ2v) is 4.97. The molecule has 0 bridgehead atoms. The lowest BCUT2D eigenvalue weighted by molar-refractivity contribution is -0.00518. The van der Waals surface area contributed by atoms with Crippen molar-refractivity contribution in [1.29, 1.82) is 0 Å². The zero-order valence-electron chi connectivity index (χ0n) is 12.2. The van der Waals surface area contributed by atoms with Gasteiger partial charge in [-0.2, -0.15) is 0 Å². The first kappa shape index (κ1) is 16.2. The van der Waals surface area contributed by atoms with Crippen LogP contribution in [0.1, 0.15) is 15.9 Å². The second kappa shape index (κ2) is 8.29. The van der Waals surface area contributed by atoms with Crippen LogP contribution in [-0.4, -0.2) is 29.8 Å². The molecule has 0 aromatic heterocycles. The van der Waals surface area contributed by atoms with Gasteiger partial charge in [-0.25, -0.2) is 4.79 Å². The topological polar surface area (TPSA) is 84.6 Å². The van der Waals surface area contributed by atoms with Gasteiger partial charge >= 0.3 is 5.97 Å². The molecule has 5 nitrogen and oxygen atoms in total. The van der Waals surface area contributed by atoms with Crippen LogP contribution in [0.25, 0.3) is 0 Å². The molecule has 0 unspecified atom stereocenters. The summed E-state index contributed by atoms with van der Waals surface area (Å²) >= 11 is 0. The molecular formula is C17H20N2O3. The maximum absolute atomic E-state index is 11.9. The Morgan fingerprint density at radius 2 is 1.68 bits per heavy atom. The van der Waals surface area contributed by atoms with Crippen LogP contribution in [0.5, 0.6) is 0 Å². The summed E-state index contributed by atoms with van der Waals surface area (Å²) in [5.41, 5.74) is 9.61. The fourth-order valence-electron chi connectivity index (χ4n) is 2.05. The normalized spacial score (nSPS) is 13.4. The van der Waals surface area contributed by atoms with Gasteiger partial charge in [0.05, 0.1) is 17.7 Å². The number of benzene rings is 2. The highest BCUT2D eigenvalue weighted by atomic mass is 16.7. The zero-order valence-corrected chi connectivity index (χ0v) is 12.2. The van der Waals surface area contributed by atoms with Crippen molar-refractivity contribution in [3.05, 3.63) is 71.8 Å². The quantitative estimate of drug-likeness (QED) is 0.671. The van der Waals surface area contributed by atoms with E-state index in [1.54, 1.807) is 24.3 Å². The Labute approximate surface area is 129 Å². The van der Waals surface area contributed by atoms with Gasteiger partial charge in [-0.3, -0.25) is 0 Å². The van der Waals surface area contributed by atoms with Crippen LogP contribution in [-0.2, 0) is 11.3 Å². The third-order valence-corrected chi connectivity index (χ3v) is 3.32. The van der Waals surface area contributed by atoms with Crippen molar-refractivity contribution in [2.24, 2.45) is 5.73 Å². The molecular weight excluding hydrogens is 280 g/mol. The smallest absolute Gasteiger partial charge is 0.356 e. The molecule has 0 fully saturated rings. The molecule has 2 atom stereocenters. The molecule has 2 rings (SSSR count). The van der Waals surface area contributed by atoms with E-state index in [9.17, 15) is 9.90 Å². The van der Waals surface area contributed by atoms with Gasteiger partial charge in [-0.15, -0.1) is 5.48 Å². The minimum atomic E-state index is -0.816. The molecule has 0 spiro atoms. The van der Waals surface area contributed by atoms with Crippen LogP contribution in [0.3, 0.4) is 0 Å². The van der Waals surface area contributed by atoms with Crippen LogP contribution >= 0.6 is 0 Å². The predicted octanol–water partition coefficient (Wildman–Crippen LogP) is 1.28. The number of hydrogen-bond donors (Lipinski definition) is 3. The molecule has 2 aromatic carbocycles. The maximum atomic E-state index is 11.9. The van der Waals surface area contributed by atoms with Crippen LogP contribution in [0.2, 0.25) is 0 Å². The maximum Gasteiger partial charge on any atom is 0.356 e. The molecule has 2 aromatic rings. The van der Waals surface area contributed by atoms with Gasteiger partial charge in [0, 0.05) is 6.54 Å². The second-order valence-electron chi connectivity index (χ2n) is 4.97. The van der Waals surface area contributed by atoms with Gasteiger partial charge in [-0.05, 0) is 24.1 Å². The molecule has 4 N–H and O–H groups in total. The summed E-state index contributed by atoms with van der Waals surface area (Å²) in [6.07, 6.45) is -0.315. The summed E-state index contributed by atoms with van der Waals surface area (Å²) in [6, 6.07) is 17.8. The summed E-state index contributed by atoms with van der Waals surface area (Å²) in [5.74, 6) is -0.497. The average molecular weight is 300 g/mol. The van der Waals surface area contributed by atoms with E-state index in [4.69, 9.17) is 10.6 Å². The highest BCUT2D eigenvalue weighted by Crippen LogP contribution is 2.07. The van der Waals surface area contributed by atoms with Gasteiger partial charge in [0.1, 0.15) is 0 Å². The number of rotatable bonds is 7. The number of aliphatic hydroxyl groups is 1. The Morgan fingerprint density at radius 3 is 2.27 bits per heavy atom. The van der Waals surface area contributed by atoms with Crippen LogP contribution < -0.4 is 11.2 Å². The molecule has 0 amide bonds. The Bertz CT molecular complexity index is 575. The van der Waals surface area contributed by atoms with Gasteiger partial charge in [0.2, 0.25) is 0 Å². The molecule has 0 aliphatic rings. The SMILES string of the molecule is NC[C@@H](O)[C@H](Cc1ccccc1)NOC(=O)c1ccccc1. The van der Waals surface area contributed by atoms with E-state index in [2.05, 4.69) is 5.48 Å². The molecule has 116 valence electrons. The fourth-order valence-corrected chi connectivity index (χ4v) is 2.05. The van der Waals surface area contributed by atoms with E-state index >= 15 is 0 Å². The van der Waals surface area contributed by atoms with E-state index in [0.717, 1.165) is 5.56 Å². The van der Waals surface area contributed by atoms with Gasteiger partial charge in [0.25, 0.3) is 0 Å². The first-order valence-corrected chi connectivity index (χ1v) is 7.14. The van der Waals surface area contributed by atoms with Crippen molar-refractivity contribution in [3.8, 4) is 0 Å². The standard InChI is InChI=1S/C17H20N2O3/c18-12-16(20)15(11-13-7-3-1-4-8-13)19-22-17(21)14-9-5-2-6-10-14/h1-10,15-16,19-20H,11-12,18H2/t15-,16+/m0/s1. The first-order valence-electron chi connectivity index (χ1n) is 7.14. The molecule has 0 radical (unpaired) electrons. The van der Waals surface area contributed by atoms with E-state index < -0.39 is 18.1 Å². The minimum Gasteiger partial charge on any atom is -0.390 e. The van der Waals surface area contributed by atoms with Crippen LogP contribution in [0.4, 0.5) is 0 Å². The molecule has 0 saturated carbocycles. The number of carbonyl (C=O) groups excluding carboxylic acids is 1. The van der Waals surface area contributed by atoms with Crippen molar-refractivity contribution < 1.29 is 14.7 Å². The van der Waals surface area contributed by atoms with Crippen molar-refractivity contribution in [1.82, 2.24) is 5.48 Å². The molecule has 0 saturated heterocycles. The number of hydrogen-bond acceptors (Lipinski definition) is 5. The molecule has 5 heteroatoms. The van der Waals surface area contributed by atoms with Gasteiger partial charge < -0.3 is 15.7 Å². The fraction of sp³-hybridized carbons (Fsp3) is 0.235. The summed E-state index contributed by atoms with van der Waals surface area (Å²) in [4.78, 5) is 17.0. The average Bonchev–Trinajstić information content (AvgIpc) is 2.59. The van der Waals surface area contributed by atoms with E-state index in [1.165, 1.54) is 0 Å². The van der Waals surface area contributed by atoms with E-state index in [0.29, 0.717) is 12.0 Å². The third-order valence-electron chi connectivity index (χ3n) is 3.32. The monoisotopic (exact) mass is 300 g/mol. The lowest BCUT2D eigenvalue weighted by atomic mass is 10.0. The Balaban J connectivity index is 1.97. The summed E-state index contributed by atoms with van der Waals surface area (Å²) in [6.45, 7) is 0.0768. The predicted molar refractivity (Wildman–Crippen MR) is 84.0 cm³/mol. The van der Waals surface area contributed by atoms with Crippen molar-refractivity contribution in [2.45, 2.75) is 18.6 Å². The van der Waals surface area contributed by atoms with Gasteiger partial charge in [-0.1, -0.05) is 48.5 Å². The molecule has 0 aliphatic heterocycles. The molecule has 0 heterocycles. The summed E-state index contributed by atoms with van der Waals surface area (Å²) in [7, 11) is 0. The number of hydroxylamine groups is 1. The number of carbonyl (C=O) groups is 1. The lowest BCUT2D eigenvalue weighted by Gasteiger charge is -2.22. The van der Waals surface area contributed by atoms with Gasteiger partial charge in [0.15, 0.2) is 0 Å².